The van der Waals surface area contributed by atoms with Crippen molar-refractivity contribution in [3.8, 4) is 11.5 Å². The summed E-state index contributed by atoms with van der Waals surface area (Å²) in [7, 11) is 0. The van der Waals surface area contributed by atoms with Gasteiger partial charge in [0.2, 0.25) is 5.82 Å². The lowest BCUT2D eigenvalue weighted by Gasteiger charge is -2.18. The number of amides is 2. The number of nitrogens with zero attached hydrogens (tertiary/aromatic N) is 1. The maximum Gasteiger partial charge on any atom is 0.439 e. The quantitative estimate of drug-likeness (QED) is 0.579. The number of carbonyl (C=O) groups excluding carboxylic acids is 2. The Bertz CT molecular complexity index is 1160. The zero-order valence-corrected chi connectivity index (χ0v) is 16.1. The third kappa shape index (κ3) is 3.96. The molecule has 2 amide bonds. The summed E-state index contributed by atoms with van der Waals surface area (Å²) in [5.41, 5.74) is 1.72. The monoisotopic (exact) mass is 434 g/mol. The minimum Gasteiger partial charge on any atom is -0.454 e. The molecular weight excluding hydrogens is 423 g/mol. The minimum absolute atomic E-state index is 0.128. The SMILES string of the molecule is O=C(Nc1cc(Cl)c(Oc2ccc3c(c2)C(=O)NCC3)c(Cl)c1)c1noc(=O)[nH]1. The minimum atomic E-state index is -0.853. The van der Waals surface area contributed by atoms with E-state index in [-0.39, 0.29) is 33.2 Å². The van der Waals surface area contributed by atoms with E-state index in [0.717, 1.165) is 12.0 Å². The predicted molar refractivity (Wildman–Crippen MR) is 104 cm³/mol. The molecule has 1 aliphatic rings. The standard InChI is InChI=1S/C18H12Cl2N4O5/c19-12-5-9(22-17(26)15-23-18(27)29-24-15)6-13(20)14(12)28-10-2-1-8-3-4-21-16(25)11(8)7-10/h1-2,5-7H,3-4H2,(H,21,25)(H,22,26)(H,23,24,27). The molecule has 0 atom stereocenters. The van der Waals surface area contributed by atoms with Crippen LogP contribution in [-0.2, 0) is 6.42 Å². The Morgan fingerprint density at radius 1 is 1.17 bits per heavy atom. The maximum atomic E-state index is 12.0. The number of anilines is 1. The molecule has 0 aliphatic carbocycles. The zero-order valence-electron chi connectivity index (χ0n) is 14.5. The summed E-state index contributed by atoms with van der Waals surface area (Å²) < 4.78 is 10.1. The van der Waals surface area contributed by atoms with E-state index in [2.05, 4.69) is 25.3 Å². The Labute approximate surface area is 172 Å². The molecule has 9 nitrogen and oxygen atoms in total. The number of aromatic amines is 1. The van der Waals surface area contributed by atoms with Gasteiger partial charge in [0.25, 0.3) is 11.8 Å². The second-order valence-corrected chi connectivity index (χ2v) is 6.91. The molecule has 2 heterocycles. The van der Waals surface area contributed by atoms with Crippen molar-refractivity contribution >= 4 is 40.7 Å². The van der Waals surface area contributed by atoms with Crippen molar-refractivity contribution in [2.24, 2.45) is 0 Å². The highest BCUT2D eigenvalue weighted by molar-refractivity contribution is 6.37. The van der Waals surface area contributed by atoms with Crippen LogP contribution in [0.3, 0.4) is 0 Å². The molecule has 0 unspecified atom stereocenters. The molecule has 1 aromatic heterocycles. The number of rotatable bonds is 4. The number of carbonyl (C=O) groups is 2. The number of hydrogen-bond donors (Lipinski definition) is 3. The fourth-order valence-electron chi connectivity index (χ4n) is 2.82. The smallest absolute Gasteiger partial charge is 0.439 e. The van der Waals surface area contributed by atoms with Gasteiger partial charge in [-0.2, -0.15) is 0 Å². The second kappa shape index (κ2) is 7.61. The average molecular weight is 435 g/mol. The number of hydrogen-bond acceptors (Lipinski definition) is 6. The van der Waals surface area contributed by atoms with E-state index in [9.17, 15) is 14.4 Å². The lowest BCUT2D eigenvalue weighted by Crippen LogP contribution is -2.31. The molecule has 0 saturated heterocycles. The fourth-order valence-corrected chi connectivity index (χ4v) is 3.38. The molecular formula is C18H12Cl2N4O5. The fraction of sp³-hybridized carbons (Fsp3) is 0.111. The van der Waals surface area contributed by atoms with Crippen molar-refractivity contribution in [1.29, 1.82) is 0 Å². The van der Waals surface area contributed by atoms with E-state index in [0.29, 0.717) is 17.9 Å². The van der Waals surface area contributed by atoms with E-state index in [1.807, 2.05) is 6.07 Å². The third-order valence-corrected chi connectivity index (χ3v) is 4.70. The summed E-state index contributed by atoms with van der Waals surface area (Å²) in [5.74, 6) is -1.47. The lowest BCUT2D eigenvalue weighted by molar-refractivity contribution is 0.0944. The van der Waals surface area contributed by atoms with Crippen LogP contribution in [0.4, 0.5) is 5.69 Å². The van der Waals surface area contributed by atoms with Crippen molar-refractivity contribution in [1.82, 2.24) is 15.5 Å². The van der Waals surface area contributed by atoms with Crippen LogP contribution >= 0.6 is 23.2 Å². The third-order valence-electron chi connectivity index (χ3n) is 4.14. The molecule has 0 bridgehead atoms. The summed E-state index contributed by atoms with van der Waals surface area (Å²) in [6, 6.07) is 8.00. The number of fused-ring (bicyclic) bond motifs is 1. The van der Waals surface area contributed by atoms with E-state index in [1.165, 1.54) is 12.1 Å². The van der Waals surface area contributed by atoms with Gasteiger partial charge in [-0.1, -0.05) is 29.3 Å². The van der Waals surface area contributed by atoms with Gasteiger partial charge in [0.05, 0.1) is 10.0 Å². The summed E-state index contributed by atoms with van der Waals surface area (Å²) in [6.07, 6.45) is 0.744. The number of halogens is 2. The highest BCUT2D eigenvalue weighted by atomic mass is 35.5. The first-order valence-electron chi connectivity index (χ1n) is 8.36. The van der Waals surface area contributed by atoms with Gasteiger partial charge in [0, 0.05) is 17.8 Å². The van der Waals surface area contributed by atoms with E-state index in [4.69, 9.17) is 27.9 Å². The summed E-state index contributed by atoms with van der Waals surface area (Å²) in [6.45, 7) is 0.596. The molecule has 0 radical (unpaired) electrons. The summed E-state index contributed by atoms with van der Waals surface area (Å²) in [4.78, 5) is 37.1. The van der Waals surface area contributed by atoms with Crippen molar-refractivity contribution in [2.75, 3.05) is 11.9 Å². The van der Waals surface area contributed by atoms with Crippen LogP contribution < -0.4 is 21.1 Å². The molecule has 0 spiro atoms. The van der Waals surface area contributed by atoms with Crippen molar-refractivity contribution in [3.63, 3.8) is 0 Å². The van der Waals surface area contributed by atoms with Gasteiger partial charge in [-0.25, -0.2) is 4.79 Å². The molecule has 2 aromatic carbocycles. The largest absolute Gasteiger partial charge is 0.454 e. The molecule has 3 aromatic rings. The average Bonchev–Trinajstić information content (AvgIpc) is 3.12. The molecule has 29 heavy (non-hydrogen) atoms. The highest BCUT2D eigenvalue weighted by Gasteiger charge is 2.19. The van der Waals surface area contributed by atoms with Crippen molar-refractivity contribution in [2.45, 2.75) is 6.42 Å². The first-order valence-corrected chi connectivity index (χ1v) is 9.11. The van der Waals surface area contributed by atoms with Gasteiger partial charge in [-0.15, -0.1) is 0 Å². The maximum absolute atomic E-state index is 12.0. The van der Waals surface area contributed by atoms with Crippen LogP contribution in [0.5, 0.6) is 11.5 Å². The van der Waals surface area contributed by atoms with Gasteiger partial charge in [-0.05, 0) is 41.4 Å². The Morgan fingerprint density at radius 2 is 1.93 bits per heavy atom. The van der Waals surface area contributed by atoms with Crippen molar-refractivity contribution in [3.05, 3.63) is 67.9 Å². The molecule has 0 fully saturated rings. The lowest BCUT2D eigenvalue weighted by atomic mass is 10.0. The Morgan fingerprint density at radius 3 is 2.62 bits per heavy atom. The van der Waals surface area contributed by atoms with E-state index >= 15 is 0 Å². The number of ether oxygens (including phenoxy) is 1. The molecule has 0 saturated carbocycles. The van der Waals surface area contributed by atoms with Gasteiger partial charge in [0.1, 0.15) is 5.75 Å². The molecule has 148 valence electrons. The van der Waals surface area contributed by atoms with Crippen LogP contribution in [0.15, 0.2) is 39.6 Å². The van der Waals surface area contributed by atoms with Crippen LogP contribution in [0, 0.1) is 0 Å². The molecule has 4 rings (SSSR count). The Kier molecular flexibility index (Phi) is 4.99. The molecule has 3 N–H and O–H groups in total. The normalized spacial score (nSPS) is 12.8. The first kappa shape index (κ1) is 19.0. The topological polar surface area (TPSA) is 126 Å². The van der Waals surface area contributed by atoms with Crippen molar-refractivity contribution < 1.29 is 18.8 Å². The second-order valence-electron chi connectivity index (χ2n) is 6.09. The number of aromatic nitrogens is 2. The first-order chi connectivity index (χ1) is 13.9. The van der Waals surface area contributed by atoms with Gasteiger partial charge in [0.15, 0.2) is 5.75 Å². The van der Waals surface area contributed by atoms with E-state index < -0.39 is 11.7 Å². The van der Waals surface area contributed by atoms with Crippen LogP contribution in [0.25, 0.3) is 0 Å². The molecule has 1 aliphatic heterocycles. The van der Waals surface area contributed by atoms with Crippen LogP contribution in [0.2, 0.25) is 10.0 Å². The zero-order chi connectivity index (χ0) is 20.5. The van der Waals surface area contributed by atoms with Gasteiger partial charge in [-0.3, -0.25) is 19.1 Å². The van der Waals surface area contributed by atoms with Gasteiger partial charge < -0.3 is 15.4 Å². The van der Waals surface area contributed by atoms with Crippen LogP contribution in [-0.4, -0.2) is 28.5 Å². The Hall–Kier alpha value is -3.30. The summed E-state index contributed by atoms with van der Waals surface area (Å²) >= 11 is 12.5. The van der Waals surface area contributed by atoms with E-state index in [1.54, 1.807) is 12.1 Å². The number of benzene rings is 2. The molecule has 11 heteroatoms. The summed E-state index contributed by atoms with van der Waals surface area (Å²) in [5, 5.41) is 8.80. The van der Waals surface area contributed by atoms with Crippen LogP contribution in [0.1, 0.15) is 26.5 Å². The Balaban J connectivity index is 1.56. The predicted octanol–water partition coefficient (Wildman–Crippen LogP) is 3.00. The highest BCUT2D eigenvalue weighted by Crippen LogP contribution is 2.39. The van der Waals surface area contributed by atoms with Gasteiger partial charge >= 0.3 is 5.76 Å². The number of nitrogens with one attached hydrogen (secondary N) is 3. The number of H-pyrrole nitrogens is 1.